The van der Waals surface area contributed by atoms with E-state index in [2.05, 4.69) is 25.0 Å². The van der Waals surface area contributed by atoms with E-state index < -0.39 is 0 Å². The summed E-state index contributed by atoms with van der Waals surface area (Å²) in [5, 5.41) is 5.31. The molecule has 1 aliphatic carbocycles. The summed E-state index contributed by atoms with van der Waals surface area (Å²) in [4.78, 5) is 27.9. The Morgan fingerprint density at radius 3 is 2.68 bits per heavy atom. The Bertz CT molecular complexity index is 1370. The fourth-order valence-electron chi connectivity index (χ4n) is 4.60. The SMILES string of the molecule is Cn1cnc2ncn(Cc3nc([C@@H]4[C@@H]5CN(c6ccc(Cl)c(Cl)c6)C[C@@H]54)no3)c(=O)c21. The number of hydrogen-bond acceptors (Lipinski definition) is 7. The van der Waals surface area contributed by atoms with E-state index in [9.17, 15) is 4.79 Å². The first kappa shape index (κ1) is 18.8. The molecule has 0 amide bonds. The second-order valence-electron chi connectivity index (χ2n) is 8.11. The van der Waals surface area contributed by atoms with Crippen molar-refractivity contribution in [1.82, 2.24) is 29.2 Å². The van der Waals surface area contributed by atoms with E-state index in [0.29, 0.717) is 44.8 Å². The molecule has 2 aliphatic rings. The van der Waals surface area contributed by atoms with Crippen LogP contribution in [0.3, 0.4) is 0 Å². The van der Waals surface area contributed by atoms with E-state index in [4.69, 9.17) is 27.7 Å². The fourth-order valence-corrected chi connectivity index (χ4v) is 4.89. The lowest BCUT2D eigenvalue weighted by Crippen LogP contribution is -2.23. The van der Waals surface area contributed by atoms with Gasteiger partial charge < -0.3 is 14.0 Å². The van der Waals surface area contributed by atoms with Gasteiger partial charge in [-0.1, -0.05) is 28.4 Å². The molecule has 1 aromatic carbocycles. The largest absolute Gasteiger partial charge is 0.371 e. The number of rotatable bonds is 4. The van der Waals surface area contributed by atoms with Crippen LogP contribution < -0.4 is 10.5 Å². The van der Waals surface area contributed by atoms with Gasteiger partial charge in [-0.2, -0.15) is 4.98 Å². The molecule has 4 heterocycles. The van der Waals surface area contributed by atoms with E-state index in [1.165, 1.54) is 10.9 Å². The number of aromatic nitrogens is 6. The van der Waals surface area contributed by atoms with Crippen molar-refractivity contribution < 1.29 is 4.52 Å². The number of anilines is 1. The monoisotopic (exact) mass is 457 g/mol. The second kappa shape index (κ2) is 6.80. The van der Waals surface area contributed by atoms with Gasteiger partial charge in [0, 0.05) is 31.7 Å². The molecule has 0 bridgehead atoms. The van der Waals surface area contributed by atoms with E-state index in [1.807, 2.05) is 18.2 Å². The zero-order chi connectivity index (χ0) is 21.3. The fraction of sp³-hybridized carbons (Fsp3) is 0.350. The number of hydrogen-bond donors (Lipinski definition) is 0. The van der Waals surface area contributed by atoms with Gasteiger partial charge in [-0.05, 0) is 30.0 Å². The van der Waals surface area contributed by atoms with Gasteiger partial charge >= 0.3 is 0 Å². The zero-order valence-corrected chi connectivity index (χ0v) is 18.0. The summed E-state index contributed by atoms with van der Waals surface area (Å²) in [7, 11) is 1.76. The van der Waals surface area contributed by atoms with Gasteiger partial charge in [-0.15, -0.1) is 0 Å². The molecule has 31 heavy (non-hydrogen) atoms. The average Bonchev–Trinajstić information content (AvgIpc) is 3.18. The predicted octanol–water partition coefficient (Wildman–Crippen LogP) is 2.72. The van der Waals surface area contributed by atoms with Crippen molar-refractivity contribution in [1.29, 1.82) is 0 Å². The van der Waals surface area contributed by atoms with Gasteiger partial charge in [-0.3, -0.25) is 9.36 Å². The molecule has 3 aromatic heterocycles. The highest BCUT2D eigenvalue weighted by molar-refractivity contribution is 6.42. The highest BCUT2D eigenvalue weighted by atomic mass is 35.5. The third-order valence-electron chi connectivity index (χ3n) is 6.25. The van der Waals surface area contributed by atoms with Gasteiger partial charge in [0.15, 0.2) is 17.0 Å². The first-order valence-electron chi connectivity index (χ1n) is 9.88. The highest BCUT2D eigenvalue weighted by Crippen LogP contribution is 2.58. The zero-order valence-electron chi connectivity index (χ0n) is 16.4. The lowest BCUT2D eigenvalue weighted by Gasteiger charge is -2.21. The summed E-state index contributed by atoms with van der Waals surface area (Å²) in [6.45, 7) is 2.01. The van der Waals surface area contributed by atoms with Crippen LogP contribution in [0.2, 0.25) is 10.0 Å². The van der Waals surface area contributed by atoms with E-state index >= 15 is 0 Å². The molecule has 1 saturated carbocycles. The Labute approximate surface area is 186 Å². The van der Waals surface area contributed by atoms with Crippen LogP contribution in [-0.2, 0) is 13.6 Å². The van der Waals surface area contributed by atoms with Crippen LogP contribution in [0.4, 0.5) is 5.69 Å². The van der Waals surface area contributed by atoms with Crippen LogP contribution in [-0.4, -0.2) is 42.3 Å². The van der Waals surface area contributed by atoms with Crippen molar-refractivity contribution in [3.8, 4) is 0 Å². The normalized spacial score (nSPS) is 22.3. The lowest BCUT2D eigenvalue weighted by atomic mass is 10.2. The maximum atomic E-state index is 12.7. The van der Waals surface area contributed by atoms with Gasteiger partial charge in [0.05, 0.1) is 16.4 Å². The minimum Gasteiger partial charge on any atom is -0.371 e. The number of benzene rings is 1. The molecule has 0 N–H and O–H groups in total. The molecule has 11 heteroatoms. The summed E-state index contributed by atoms with van der Waals surface area (Å²) < 4.78 is 8.56. The van der Waals surface area contributed by atoms with Gasteiger partial charge in [0.2, 0.25) is 5.89 Å². The maximum Gasteiger partial charge on any atom is 0.280 e. The highest BCUT2D eigenvalue weighted by Gasteiger charge is 2.58. The Morgan fingerprint density at radius 1 is 1.13 bits per heavy atom. The van der Waals surface area contributed by atoms with Crippen molar-refractivity contribution >= 4 is 40.1 Å². The molecule has 3 atom stereocenters. The number of nitrogens with zero attached hydrogens (tertiary/aromatic N) is 7. The first-order valence-corrected chi connectivity index (χ1v) is 10.6. The molecule has 6 rings (SSSR count). The van der Waals surface area contributed by atoms with Crippen LogP contribution in [0.25, 0.3) is 11.2 Å². The maximum absolute atomic E-state index is 12.7. The van der Waals surface area contributed by atoms with Crippen molar-refractivity contribution in [2.24, 2.45) is 18.9 Å². The molecule has 158 valence electrons. The van der Waals surface area contributed by atoms with Crippen molar-refractivity contribution in [2.45, 2.75) is 12.5 Å². The Kier molecular flexibility index (Phi) is 4.13. The number of piperidine rings is 1. The van der Waals surface area contributed by atoms with Crippen LogP contribution >= 0.6 is 23.2 Å². The van der Waals surface area contributed by atoms with Crippen LogP contribution in [0.5, 0.6) is 0 Å². The predicted molar refractivity (Wildman–Crippen MR) is 115 cm³/mol. The van der Waals surface area contributed by atoms with E-state index in [0.717, 1.165) is 18.8 Å². The number of halogens is 2. The van der Waals surface area contributed by atoms with E-state index in [1.54, 1.807) is 17.9 Å². The molecule has 0 spiro atoms. The summed E-state index contributed by atoms with van der Waals surface area (Å²) >= 11 is 12.2. The molecule has 4 aromatic rings. The molecule has 1 aliphatic heterocycles. The third-order valence-corrected chi connectivity index (χ3v) is 6.99. The van der Waals surface area contributed by atoms with Crippen molar-refractivity contribution in [2.75, 3.05) is 18.0 Å². The lowest BCUT2D eigenvalue weighted by molar-refractivity contribution is 0.363. The minimum absolute atomic E-state index is 0.178. The summed E-state index contributed by atoms with van der Waals surface area (Å²) in [6, 6.07) is 5.72. The first-order chi connectivity index (χ1) is 15.0. The van der Waals surface area contributed by atoms with Crippen molar-refractivity contribution in [3.05, 3.63) is 63.0 Å². The number of aryl methyl sites for hydroxylation is 1. The Morgan fingerprint density at radius 2 is 1.90 bits per heavy atom. The summed E-state index contributed by atoms with van der Waals surface area (Å²) in [5.74, 6) is 2.35. The molecule has 9 nitrogen and oxygen atoms in total. The summed E-state index contributed by atoms with van der Waals surface area (Å²) in [6.07, 6.45) is 3.03. The third kappa shape index (κ3) is 3.02. The van der Waals surface area contributed by atoms with Crippen LogP contribution in [0.15, 0.2) is 40.2 Å². The molecular weight excluding hydrogens is 441 g/mol. The van der Waals surface area contributed by atoms with Crippen LogP contribution in [0, 0.1) is 11.8 Å². The number of fused-ring (bicyclic) bond motifs is 2. The van der Waals surface area contributed by atoms with E-state index in [-0.39, 0.29) is 18.0 Å². The standard InChI is InChI=1S/C20H17Cl2N7O2/c1-27-8-23-19-17(27)20(30)29(9-24-19)7-15-25-18(26-31-15)16-11-5-28(6-12(11)16)10-2-3-13(21)14(22)4-10/h2-4,8-9,11-12,16H,5-7H2,1H3/t11-,12+,16-. The minimum atomic E-state index is -0.190. The summed E-state index contributed by atoms with van der Waals surface area (Å²) in [5.41, 5.74) is 1.76. The number of imidazole rings is 1. The molecule has 2 fully saturated rings. The van der Waals surface area contributed by atoms with Crippen LogP contribution in [0.1, 0.15) is 17.6 Å². The van der Waals surface area contributed by atoms with Crippen molar-refractivity contribution in [3.63, 3.8) is 0 Å². The second-order valence-corrected chi connectivity index (χ2v) is 8.92. The Balaban J connectivity index is 1.16. The van der Waals surface area contributed by atoms with Gasteiger partial charge in [0.25, 0.3) is 5.56 Å². The molecule has 0 radical (unpaired) electrons. The topological polar surface area (TPSA) is 94.9 Å². The van der Waals surface area contributed by atoms with Gasteiger partial charge in [-0.25, -0.2) is 9.97 Å². The quantitative estimate of drug-likeness (QED) is 0.464. The van der Waals surface area contributed by atoms with Gasteiger partial charge in [0.1, 0.15) is 12.9 Å². The average molecular weight is 458 g/mol. The molecule has 1 saturated heterocycles. The Hall–Kier alpha value is -2.91. The smallest absolute Gasteiger partial charge is 0.280 e. The molecule has 0 unspecified atom stereocenters. The molecular formula is C20H17Cl2N7O2.